The second kappa shape index (κ2) is 3.49. The van der Waals surface area contributed by atoms with Gasteiger partial charge in [-0.25, -0.2) is 14.5 Å². The zero-order valence-corrected chi connectivity index (χ0v) is 7.95. The summed E-state index contributed by atoms with van der Waals surface area (Å²) in [6, 6.07) is 1.48. The standard InChI is InChI=1S/C9H8N4O2/c1-6-4-7(9(14)15)13(12-6)8-5-10-2-3-11-8/h2-5H,1H3,(H,14,15). The Hall–Kier alpha value is -2.24. The third-order valence-corrected chi connectivity index (χ3v) is 1.82. The summed E-state index contributed by atoms with van der Waals surface area (Å²) in [5.41, 5.74) is 0.700. The lowest BCUT2D eigenvalue weighted by molar-refractivity contribution is 0.0687. The number of carboxylic acids is 1. The first-order valence-corrected chi connectivity index (χ1v) is 4.25. The van der Waals surface area contributed by atoms with Crippen molar-refractivity contribution in [2.24, 2.45) is 0 Å². The molecule has 0 aliphatic rings. The van der Waals surface area contributed by atoms with Crippen LogP contribution in [-0.4, -0.2) is 30.8 Å². The van der Waals surface area contributed by atoms with E-state index in [1.807, 2.05) is 0 Å². The molecule has 0 radical (unpaired) electrons. The molecule has 6 heteroatoms. The number of carbonyl (C=O) groups is 1. The molecule has 6 nitrogen and oxygen atoms in total. The molecule has 0 aliphatic carbocycles. The van der Waals surface area contributed by atoms with Crippen LogP contribution in [0.5, 0.6) is 0 Å². The van der Waals surface area contributed by atoms with Crippen LogP contribution >= 0.6 is 0 Å². The van der Waals surface area contributed by atoms with Crippen LogP contribution in [0.15, 0.2) is 24.7 Å². The van der Waals surface area contributed by atoms with Gasteiger partial charge in [-0.05, 0) is 13.0 Å². The van der Waals surface area contributed by atoms with Gasteiger partial charge in [0.15, 0.2) is 11.5 Å². The monoisotopic (exact) mass is 204 g/mol. The minimum Gasteiger partial charge on any atom is -0.477 e. The molecule has 0 bridgehead atoms. The molecule has 0 fully saturated rings. The van der Waals surface area contributed by atoms with Crippen LogP contribution in [0, 0.1) is 6.92 Å². The molecule has 0 aliphatic heterocycles. The Bertz CT molecular complexity index is 492. The average Bonchev–Trinajstić information content (AvgIpc) is 2.62. The number of aryl methyl sites for hydroxylation is 1. The highest BCUT2D eigenvalue weighted by atomic mass is 16.4. The summed E-state index contributed by atoms with van der Waals surface area (Å²) < 4.78 is 1.25. The smallest absolute Gasteiger partial charge is 0.354 e. The van der Waals surface area contributed by atoms with Crippen molar-refractivity contribution in [3.8, 4) is 5.82 Å². The number of carboxylic acid groups (broad SMARTS) is 1. The van der Waals surface area contributed by atoms with Crippen molar-refractivity contribution in [2.45, 2.75) is 6.92 Å². The van der Waals surface area contributed by atoms with Gasteiger partial charge in [-0.15, -0.1) is 0 Å². The second-order valence-electron chi connectivity index (χ2n) is 2.95. The molecule has 0 amide bonds. The molecule has 76 valence electrons. The average molecular weight is 204 g/mol. The first-order chi connectivity index (χ1) is 7.18. The maximum Gasteiger partial charge on any atom is 0.354 e. The third kappa shape index (κ3) is 1.69. The van der Waals surface area contributed by atoms with Crippen LogP contribution in [-0.2, 0) is 0 Å². The minimum absolute atomic E-state index is 0.0769. The fourth-order valence-electron chi connectivity index (χ4n) is 1.23. The van der Waals surface area contributed by atoms with Gasteiger partial charge in [0.05, 0.1) is 11.9 Å². The van der Waals surface area contributed by atoms with Crippen molar-refractivity contribution >= 4 is 5.97 Å². The molecular weight excluding hydrogens is 196 g/mol. The van der Waals surface area contributed by atoms with E-state index in [1.165, 1.54) is 29.3 Å². The van der Waals surface area contributed by atoms with Gasteiger partial charge in [0.1, 0.15) is 0 Å². The first-order valence-electron chi connectivity index (χ1n) is 4.25. The minimum atomic E-state index is -1.04. The number of rotatable bonds is 2. The van der Waals surface area contributed by atoms with Gasteiger partial charge >= 0.3 is 5.97 Å². The van der Waals surface area contributed by atoms with Crippen molar-refractivity contribution in [2.75, 3.05) is 0 Å². The maximum absolute atomic E-state index is 10.9. The Labute approximate surface area is 85.2 Å². The highest BCUT2D eigenvalue weighted by molar-refractivity contribution is 5.86. The molecule has 0 atom stereocenters. The Morgan fingerprint density at radius 3 is 2.87 bits per heavy atom. The quantitative estimate of drug-likeness (QED) is 0.777. The largest absolute Gasteiger partial charge is 0.477 e. The van der Waals surface area contributed by atoms with Crippen molar-refractivity contribution < 1.29 is 9.90 Å². The lowest BCUT2D eigenvalue weighted by Gasteiger charge is -2.01. The highest BCUT2D eigenvalue weighted by Crippen LogP contribution is 2.08. The second-order valence-corrected chi connectivity index (χ2v) is 2.95. The van der Waals surface area contributed by atoms with E-state index >= 15 is 0 Å². The molecule has 0 spiro atoms. The SMILES string of the molecule is Cc1cc(C(=O)O)n(-c2cnccn2)n1. The predicted molar refractivity (Wildman–Crippen MR) is 50.9 cm³/mol. The fraction of sp³-hybridized carbons (Fsp3) is 0.111. The summed E-state index contributed by atoms with van der Waals surface area (Å²) in [4.78, 5) is 18.7. The molecule has 2 aromatic heterocycles. The molecule has 0 saturated heterocycles. The Kier molecular flexibility index (Phi) is 2.17. The van der Waals surface area contributed by atoms with Crippen LogP contribution in [0.3, 0.4) is 0 Å². The first kappa shape index (κ1) is 9.32. The van der Waals surface area contributed by atoms with Gasteiger partial charge in [0.2, 0.25) is 0 Å². The topological polar surface area (TPSA) is 80.9 Å². The normalized spacial score (nSPS) is 10.2. The number of nitrogens with zero attached hydrogens (tertiary/aromatic N) is 4. The van der Waals surface area contributed by atoms with Crippen LogP contribution in [0.1, 0.15) is 16.2 Å². The van der Waals surface area contributed by atoms with Gasteiger partial charge in [-0.1, -0.05) is 0 Å². The van der Waals surface area contributed by atoms with E-state index in [2.05, 4.69) is 15.1 Å². The van der Waals surface area contributed by atoms with Gasteiger partial charge in [-0.3, -0.25) is 4.98 Å². The van der Waals surface area contributed by atoms with Crippen LogP contribution in [0.2, 0.25) is 0 Å². The lowest BCUT2D eigenvalue weighted by atomic mass is 10.4. The zero-order valence-electron chi connectivity index (χ0n) is 7.95. The number of hydrogen-bond acceptors (Lipinski definition) is 4. The van der Waals surface area contributed by atoms with Gasteiger partial charge in [0, 0.05) is 12.4 Å². The van der Waals surface area contributed by atoms with E-state index in [0.717, 1.165) is 0 Å². The van der Waals surface area contributed by atoms with Gasteiger partial charge < -0.3 is 5.11 Å². The summed E-state index contributed by atoms with van der Waals surface area (Å²) in [6.07, 6.45) is 4.46. The third-order valence-electron chi connectivity index (χ3n) is 1.82. The van der Waals surface area contributed by atoms with Crippen LogP contribution in [0.25, 0.3) is 5.82 Å². The molecule has 15 heavy (non-hydrogen) atoms. The van der Waals surface area contributed by atoms with Gasteiger partial charge in [-0.2, -0.15) is 5.10 Å². The molecule has 0 unspecified atom stereocenters. The Balaban J connectivity index is 2.58. The summed E-state index contributed by atoms with van der Waals surface area (Å²) in [7, 11) is 0. The van der Waals surface area contributed by atoms with E-state index in [-0.39, 0.29) is 5.69 Å². The number of hydrogen-bond donors (Lipinski definition) is 1. The van der Waals surface area contributed by atoms with Crippen molar-refractivity contribution in [1.29, 1.82) is 0 Å². The Morgan fingerprint density at radius 1 is 1.47 bits per heavy atom. The molecule has 2 aromatic rings. The lowest BCUT2D eigenvalue weighted by Crippen LogP contribution is -2.09. The predicted octanol–water partition coefficient (Wildman–Crippen LogP) is 0.669. The van der Waals surface area contributed by atoms with E-state index < -0.39 is 5.97 Å². The van der Waals surface area contributed by atoms with Crippen LogP contribution < -0.4 is 0 Å². The van der Waals surface area contributed by atoms with Crippen LogP contribution in [0.4, 0.5) is 0 Å². The van der Waals surface area contributed by atoms with E-state index in [1.54, 1.807) is 6.92 Å². The maximum atomic E-state index is 10.9. The highest BCUT2D eigenvalue weighted by Gasteiger charge is 2.14. The van der Waals surface area contributed by atoms with Crippen molar-refractivity contribution in [3.63, 3.8) is 0 Å². The van der Waals surface area contributed by atoms with Crippen molar-refractivity contribution in [1.82, 2.24) is 19.7 Å². The zero-order chi connectivity index (χ0) is 10.8. The summed E-state index contributed by atoms with van der Waals surface area (Å²) in [6.45, 7) is 1.72. The van der Waals surface area contributed by atoms with Crippen molar-refractivity contribution in [3.05, 3.63) is 36.0 Å². The molecule has 0 aromatic carbocycles. The molecule has 2 heterocycles. The van der Waals surface area contributed by atoms with Gasteiger partial charge in [0.25, 0.3) is 0 Å². The number of aromatic nitrogens is 4. The fourth-order valence-corrected chi connectivity index (χ4v) is 1.23. The summed E-state index contributed by atoms with van der Waals surface area (Å²) in [5.74, 6) is -0.649. The summed E-state index contributed by atoms with van der Waals surface area (Å²) >= 11 is 0. The van der Waals surface area contributed by atoms with E-state index in [4.69, 9.17) is 5.11 Å². The molecule has 0 saturated carbocycles. The molecule has 2 rings (SSSR count). The summed E-state index contributed by atoms with van der Waals surface area (Å²) in [5, 5.41) is 13.0. The molecule has 1 N–H and O–H groups in total. The van der Waals surface area contributed by atoms with E-state index in [0.29, 0.717) is 11.5 Å². The van der Waals surface area contributed by atoms with E-state index in [9.17, 15) is 4.79 Å². The molecular formula is C9H8N4O2. The Morgan fingerprint density at radius 2 is 2.27 bits per heavy atom. The number of aromatic carboxylic acids is 1.